The lowest BCUT2D eigenvalue weighted by Crippen LogP contribution is -2.20. The highest BCUT2D eigenvalue weighted by molar-refractivity contribution is 5.63. The summed E-state index contributed by atoms with van der Waals surface area (Å²) >= 11 is 0. The molecule has 0 amide bonds. The Bertz CT molecular complexity index is 648. The molecule has 0 heterocycles. The average Bonchev–Trinajstić information content (AvgIpc) is 2.42. The SMILES string of the molecule is CC(Cc1ccccc1)Nc1c(F)cc(F)cc1[N+](=O)[O-]. The second-order valence-corrected chi connectivity index (χ2v) is 4.77. The lowest BCUT2D eigenvalue weighted by atomic mass is 10.1. The van der Waals surface area contributed by atoms with Crippen LogP contribution in [0.5, 0.6) is 0 Å². The Morgan fingerprint density at radius 2 is 1.90 bits per heavy atom. The van der Waals surface area contributed by atoms with Gasteiger partial charge in [-0.15, -0.1) is 0 Å². The van der Waals surface area contributed by atoms with Crippen molar-refractivity contribution >= 4 is 11.4 Å². The molecule has 1 N–H and O–H groups in total. The van der Waals surface area contributed by atoms with Gasteiger partial charge in [-0.1, -0.05) is 30.3 Å². The number of nitro groups is 1. The minimum atomic E-state index is -0.972. The molecule has 0 spiro atoms. The van der Waals surface area contributed by atoms with E-state index >= 15 is 0 Å². The molecular weight excluding hydrogens is 278 g/mol. The minimum Gasteiger partial charge on any atom is -0.374 e. The van der Waals surface area contributed by atoms with Gasteiger partial charge < -0.3 is 5.32 Å². The van der Waals surface area contributed by atoms with Gasteiger partial charge in [0.15, 0.2) is 5.82 Å². The van der Waals surface area contributed by atoms with E-state index in [4.69, 9.17) is 0 Å². The molecule has 0 aromatic heterocycles. The molecule has 0 radical (unpaired) electrons. The quantitative estimate of drug-likeness (QED) is 0.671. The Labute approximate surface area is 120 Å². The topological polar surface area (TPSA) is 55.2 Å². The fourth-order valence-corrected chi connectivity index (χ4v) is 2.11. The third-order valence-corrected chi connectivity index (χ3v) is 3.01. The van der Waals surface area contributed by atoms with E-state index in [9.17, 15) is 18.9 Å². The Balaban J connectivity index is 2.21. The van der Waals surface area contributed by atoms with Crippen molar-refractivity contribution < 1.29 is 13.7 Å². The third kappa shape index (κ3) is 3.75. The zero-order valence-electron chi connectivity index (χ0n) is 11.3. The van der Waals surface area contributed by atoms with Crippen molar-refractivity contribution in [3.8, 4) is 0 Å². The van der Waals surface area contributed by atoms with Crippen LogP contribution in [0, 0.1) is 21.7 Å². The number of nitrogens with zero attached hydrogens (tertiary/aromatic N) is 1. The summed E-state index contributed by atoms with van der Waals surface area (Å²) in [4.78, 5) is 10.1. The first-order valence-electron chi connectivity index (χ1n) is 6.41. The molecule has 0 saturated heterocycles. The van der Waals surface area contributed by atoms with Crippen LogP contribution in [0.25, 0.3) is 0 Å². The molecule has 0 fully saturated rings. The van der Waals surface area contributed by atoms with Crippen LogP contribution in [0.1, 0.15) is 12.5 Å². The first-order valence-corrected chi connectivity index (χ1v) is 6.41. The van der Waals surface area contributed by atoms with Gasteiger partial charge in [-0.25, -0.2) is 8.78 Å². The number of hydrogen-bond donors (Lipinski definition) is 1. The van der Waals surface area contributed by atoms with Crippen LogP contribution in [-0.4, -0.2) is 11.0 Å². The molecule has 2 rings (SSSR count). The summed E-state index contributed by atoms with van der Waals surface area (Å²) < 4.78 is 26.8. The maximum atomic E-state index is 13.8. The molecule has 110 valence electrons. The van der Waals surface area contributed by atoms with Crippen LogP contribution in [-0.2, 0) is 6.42 Å². The Morgan fingerprint density at radius 1 is 1.24 bits per heavy atom. The van der Waals surface area contributed by atoms with Gasteiger partial charge in [0.05, 0.1) is 11.0 Å². The van der Waals surface area contributed by atoms with Crippen LogP contribution in [0.15, 0.2) is 42.5 Å². The summed E-state index contributed by atoms with van der Waals surface area (Å²) in [6.45, 7) is 1.78. The van der Waals surface area contributed by atoms with Crippen molar-refractivity contribution in [3.05, 3.63) is 69.8 Å². The molecule has 1 unspecified atom stereocenters. The Kier molecular flexibility index (Phi) is 4.47. The largest absolute Gasteiger partial charge is 0.374 e. The van der Waals surface area contributed by atoms with E-state index in [0.29, 0.717) is 18.6 Å². The van der Waals surface area contributed by atoms with Gasteiger partial charge >= 0.3 is 0 Å². The van der Waals surface area contributed by atoms with E-state index in [1.165, 1.54) is 0 Å². The fraction of sp³-hybridized carbons (Fsp3) is 0.200. The van der Waals surface area contributed by atoms with Crippen LogP contribution in [0.3, 0.4) is 0 Å². The summed E-state index contributed by atoms with van der Waals surface area (Å²) in [6.07, 6.45) is 0.564. The minimum absolute atomic E-state index is 0.244. The monoisotopic (exact) mass is 292 g/mol. The van der Waals surface area contributed by atoms with Gasteiger partial charge in [0.2, 0.25) is 0 Å². The zero-order valence-corrected chi connectivity index (χ0v) is 11.3. The van der Waals surface area contributed by atoms with Crippen LogP contribution >= 0.6 is 0 Å². The standard InChI is InChI=1S/C15H14F2N2O2/c1-10(7-11-5-3-2-4-6-11)18-15-13(17)8-12(16)9-14(15)19(20)21/h2-6,8-10,18H,7H2,1H3. The third-order valence-electron chi connectivity index (χ3n) is 3.01. The number of rotatable bonds is 5. The van der Waals surface area contributed by atoms with Gasteiger partial charge in [0.1, 0.15) is 11.5 Å². The predicted octanol–water partition coefficient (Wildman–Crippen LogP) is 3.92. The van der Waals surface area contributed by atoms with Gasteiger partial charge in [0, 0.05) is 12.1 Å². The molecule has 0 aliphatic heterocycles. The van der Waals surface area contributed by atoms with E-state index in [0.717, 1.165) is 5.56 Å². The van der Waals surface area contributed by atoms with Crippen molar-refractivity contribution in [3.63, 3.8) is 0 Å². The lowest BCUT2D eigenvalue weighted by Gasteiger charge is -2.16. The van der Waals surface area contributed by atoms with Gasteiger partial charge in [0.25, 0.3) is 5.69 Å². The van der Waals surface area contributed by atoms with Gasteiger partial charge in [-0.2, -0.15) is 0 Å². The Hall–Kier alpha value is -2.50. The summed E-state index contributed by atoms with van der Waals surface area (Å²) in [6, 6.07) is 10.6. The Morgan fingerprint density at radius 3 is 2.52 bits per heavy atom. The molecule has 2 aromatic carbocycles. The maximum Gasteiger partial charge on any atom is 0.298 e. The van der Waals surface area contributed by atoms with E-state index in [-0.39, 0.29) is 11.7 Å². The van der Waals surface area contributed by atoms with Crippen LogP contribution < -0.4 is 5.32 Å². The summed E-state index contributed by atoms with van der Waals surface area (Å²) in [7, 11) is 0. The van der Waals surface area contributed by atoms with E-state index < -0.39 is 22.2 Å². The van der Waals surface area contributed by atoms with Gasteiger partial charge in [-0.05, 0) is 18.9 Å². The fourth-order valence-electron chi connectivity index (χ4n) is 2.11. The second kappa shape index (κ2) is 6.30. The first kappa shape index (κ1) is 14.9. The number of benzene rings is 2. The summed E-state index contributed by atoms with van der Waals surface area (Å²) in [5, 5.41) is 13.7. The van der Waals surface area contributed by atoms with E-state index in [2.05, 4.69) is 5.32 Å². The normalized spacial score (nSPS) is 12.0. The van der Waals surface area contributed by atoms with E-state index in [1.807, 2.05) is 30.3 Å². The molecule has 1 atom stereocenters. The van der Waals surface area contributed by atoms with Crippen molar-refractivity contribution in [1.29, 1.82) is 0 Å². The number of nitrogens with one attached hydrogen (secondary N) is 1. The van der Waals surface area contributed by atoms with E-state index in [1.54, 1.807) is 6.92 Å². The average molecular weight is 292 g/mol. The smallest absolute Gasteiger partial charge is 0.298 e. The van der Waals surface area contributed by atoms with Crippen molar-refractivity contribution in [2.75, 3.05) is 5.32 Å². The molecule has 4 nitrogen and oxygen atoms in total. The zero-order chi connectivity index (χ0) is 15.4. The number of halogens is 2. The number of anilines is 1. The van der Waals surface area contributed by atoms with Crippen molar-refractivity contribution in [1.82, 2.24) is 0 Å². The van der Waals surface area contributed by atoms with Crippen molar-refractivity contribution in [2.45, 2.75) is 19.4 Å². The lowest BCUT2D eigenvalue weighted by molar-refractivity contribution is -0.384. The van der Waals surface area contributed by atoms with Crippen molar-refractivity contribution in [2.24, 2.45) is 0 Å². The first-order chi connectivity index (χ1) is 9.97. The second-order valence-electron chi connectivity index (χ2n) is 4.77. The molecule has 0 aliphatic rings. The molecule has 6 heteroatoms. The van der Waals surface area contributed by atoms with Crippen LogP contribution in [0.2, 0.25) is 0 Å². The van der Waals surface area contributed by atoms with Crippen LogP contribution in [0.4, 0.5) is 20.2 Å². The number of nitro benzene ring substituents is 1. The van der Waals surface area contributed by atoms with Gasteiger partial charge in [-0.3, -0.25) is 10.1 Å². The highest BCUT2D eigenvalue weighted by Crippen LogP contribution is 2.29. The molecular formula is C15H14F2N2O2. The maximum absolute atomic E-state index is 13.8. The number of hydrogen-bond acceptors (Lipinski definition) is 3. The summed E-state index contributed by atoms with van der Waals surface area (Å²) in [5.41, 5.74) is 0.125. The predicted molar refractivity (Wildman–Crippen MR) is 76.2 cm³/mol. The molecule has 0 aliphatic carbocycles. The molecule has 0 saturated carbocycles. The molecule has 21 heavy (non-hydrogen) atoms. The molecule has 0 bridgehead atoms. The highest BCUT2D eigenvalue weighted by atomic mass is 19.1. The summed E-state index contributed by atoms with van der Waals surface area (Å²) in [5.74, 6) is -1.94. The molecule has 2 aromatic rings. The highest BCUT2D eigenvalue weighted by Gasteiger charge is 2.21.